The summed E-state index contributed by atoms with van der Waals surface area (Å²) in [7, 11) is 0. The van der Waals surface area contributed by atoms with Crippen LogP contribution >= 0.6 is 12.4 Å². The molecule has 1 aliphatic heterocycles. The molecule has 0 aromatic heterocycles. The second-order valence-electron chi connectivity index (χ2n) is 5.23. The number of halogens is 1. The SMILES string of the molecule is CC(N)C(=O)Nc1cccc(N2CCCCCC2)c1.Cl. The number of rotatable bonds is 3. The number of hydrogen-bond acceptors (Lipinski definition) is 3. The van der Waals surface area contributed by atoms with Gasteiger partial charge in [-0.05, 0) is 38.0 Å². The van der Waals surface area contributed by atoms with E-state index in [1.54, 1.807) is 6.92 Å². The van der Waals surface area contributed by atoms with Crippen molar-refractivity contribution in [2.75, 3.05) is 23.3 Å². The molecule has 1 fully saturated rings. The Kier molecular flexibility index (Phi) is 6.82. The van der Waals surface area contributed by atoms with Gasteiger partial charge in [-0.25, -0.2) is 0 Å². The third-order valence-electron chi connectivity index (χ3n) is 3.50. The molecule has 0 aliphatic carbocycles. The first-order valence-electron chi connectivity index (χ1n) is 7.08. The standard InChI is InChI=1S/C15H23N3O.ClH/c1-12(16)15(19)17-13-7-6-8-14(11-13)18-9-4-2-3-5-10-18;/h6-8,11-12H,2-5,9-10,16H2,1H3,(H,17,19);1H. The van der Waals surface area contributed by atoms with E-state index in [1.807, 2.05) is 18.2 Å². The molecule has 3 N–H and O–H groups in total. The molecule has 1 aliphatic rings. The lowest BCUT2D eigenvalue weighted by Gasteiger charge is -2.23. The van der Waals surface area contributed by atoms with Crippen LogP contribution in [-0.4, -0.2) is 25.0 Å². The molecular weight excluding hydrogens is 274 g/mol. The van der Waals surface area contributed by atoms with Gasteiger partial charge in [0.25, 0.3) is 0 Å². The Morgan fingerprint density at radius 1 is 1.25 bits per heavy atom. The topological polar surface area (TPSA) is 58.4 Å². The van der Waals surface area contributed by atoms with Gasteiger partial charge in [0.1, 0.15) is 0 Å². The molecular formula is C15H24ClN3O. The van der Waals surface area contributed by atoms with E-state index in [1.165, 1.54) is 31.4 Å². The summed E-state index contributed by atoms with van der Waals surface area (Å²) in [4.78, 5) is 14.0. The molecule has 1 saturated heterocycles. The number of carbonyl (C=O) groups is 1. The molecule has 1 unspecified atom stereocenters. The summed E-state index contributed by atoms with van der Waals surface area (Å²) >= 11 is 0. The van der Waals surface area contributed by atoms with E-state index < -0.39 is 6.04 Å². The fourth-order valence-electron chi connectivity index (χ4n) is 2.37. The fraction of sp³-hybridized carbons (Fsp3) is 0.533. The fourth-order valence-corrected chi connectivity index (χ4v) is 2.37. The highest BCUT2D eigenvalue weighted by molar-refractivity contribution is 5.94. The van der Waals surface area contributed by atoms with E-state index >= 15 is 0 Å². The molecule has 0 bridgehead atoms. The normalized spacial score (nSPS) is 16.8. The monoisotopic (exact) mass is 297 g/mol. The van der Waals surface area contributed by atoms with Crippen molar-refractivity contribution in [1.29, 1.82) is 0 Å². The minimum Gasteiger partial charge on any atom is -0.371 e. The van der Waals surface area contributed by atoms with Crippen LogP contribution in [-0.2, 0) is 4.79 Å². The molecule has 0 spiro atoms. The molecule has 1 amide bonds. The van der Waals surface area contributed by atoms with Crippen LogP contribution in [0.4, 0.5) is 11.4 Å². The Hall–Kier alpha value is -1.26. The zero-order chi connectivity index (χ0) is 13.7. The highest BCUT2D eigenvalue weighted by atomic mass is 35.5. The molecule has 1 heterocycles. The number of hydrogen-bond donors (Lipinski definition) is 2. The van der Waals surface area contributed by atoms with Gasteiger partial charge in [0.05, 0.1) is 6.04 Å². The Balaban J connectivity index is 0.00000200. The van der Waals surface area contributed by atoms with Gasteiger partial charge in [0.15, 0.2) is 0 Å². The Labute approximate surface area is 127 Å². The van der Waals surface area contributed by atoms with E-state index in [0.717, 1.165) is 18.8 Å². The van der Waals surface area contributed by atoms with Crippen LogP contribution in [0.3, 0.4) is 0 Å². The van der Waals surface area contributed by atoms with Gasteiger partial charge in [0.2, 0.25) is 5.91 Å². The van der Waals surface area contributed by atoms with Crippen molar-refractivity contribution in [3.8, 4) is 0 Å². The summed E-state index contributed by atoms with van der Waals surface area (Å²) in [5.74, 6) is -0.145. The van der Waals surface area contributed by atoms with Gasteiger partial charge in [-0.3, -0.25) is 4.79 Å². The van der Waals surface area contributed by atoms with Gasteiger partial charge >= 0.3 is 0 Å². The highest BCUT2D eigenvalue weighted by Gasteiger charge is 2.11. The average Bonchev–Trinajstić information content (AvgIpc) is 2.67. The maximum atomic E-state index is 11.6. The van der Waals surface area contributed by atoms with Crippen LogP contribution < -0.4 is 16.0 Å². The quantitative estimate of drug-likeness (QED) is 0.902. The van der Waals surface area contributed by atoms with Crippen molar-refractivity contribution in [3.05, 3.63) is 24.3 Å². The zero-order valence-corrected chi connectivity index (χ0v) is 12.8. The van der Waals surface area contributed by atoms with E-state index in [0.29, 0.717) is 0 Å². The number of anilines is 2. The summed E-state index contributed by atoms with van der Waals surface area (Å²) in [6, 6.07) is 7.54. The van der Waals surface area contributed by atoms with E-state index in [2.05, 4.69) is 16.3 Å². The van der Waals surface area contributed by atoms with Crippen LogP contribution in [0.25, 0.3) is 0 Å². The largest absolute Gasteiger partial charge is 0.371 e. The molecule has 20 heavy (non-hydrogen) atoms. The van der Waals surface area contributed by atoms with Crippen molar-refractivity contribution in [3.63, 3.8) is 0 Å². The van der Waals surface area contributed by atoms with Crippen molar-refractivity contribution in [2.45, 2.75) is 38.6 Å². The second-order valence-corrected chi connectivity index (χ2v) is 5.23. The molecule has 4 nitrogen and oxygen atoms in total. The average molecular weight is 298 g/mol. The van der Waals surface area contributed by atoms with Gasteiger partial charge in [-0.15, -0.1) is 12.4 Å². The molecule has 1 atom stereocenters. The number of nitrogens with two attached hydrogens (primary N) is 1. The lowest BCUT2D eigenvalue weighted by atomic mass is 10.2. The lowest BCUT2D eigenvalue weighted by Crippen LogP contribution is -2.32. The minimum absolute atomic E-state index is 0. The first-order chi connectivity index (χ1) is 9.16. The maximum absolute atomic E-state index is 11.6. The summed E-state index contributed by atoms with van der Waals surface area (Å²) in [5, 5.41) is 2.85. The van der Waals surface area contributed by atoms with E-state index in [9.17, 15) is 4.79 Å². The predicted molar refractivity (Wildman–Crippen MR) is 86.7 cm³/mol. The van der Waals surface area contributed by atoms with Crippen LogP contribution in [0.2, 0.25) is 0 Å². The molecule has 112 valence electrons. The van der Waals surface area contributed by atoms with Crippen molar-refractivity contribution >= 4 is 29.7 Å². The maximum Gasteiger partial charge on any atom is 0.240 e. The summed E-state index contributed by atoms with van der Waals surface area (Å²) in [5.41, 5.74) is 7.57. The summed E-state index contributed by atoms with van der Waals surface area (Å²) < 4.78 is 0. The lowest BCUT2D eigenvalue weighted by molar-refractivity contribution is -0.117. The smallest absolute Gasteiger partial charge is 0.240 e. The van der Waals surface area contributed by atoms with E-state index in [4.69, 9.17) is 5.73 Å². The van der Waals surface area contributed by atoms with Crippen molar-refractivity contribution in [2.24, 2.45) is 5.73 Å². The van der Waals surface area contributed by atoms with Crippen molar-refractivity contribution in [1.82, 2.24) is 0 Å². The minimum atomic E-state index is -0.484. The number of amides is 1. The Morgan fingerprint density at radius 3 is 2.50 bits per heavy atom. The second kappa shape index (κ2) is 8.12. The molecule has 1 aromatic rings. The third kappa shape index (κ3) is 4.69. The molecule has 2 rings (SSSR count). The first-order valence-corrected chi connectivity index (χ1v) is 7.08. The number of benzene rings is 1. The molecule has 0 radical (unpaired) electrons. The van der Waals surface area contributed by atoms with Crippen LogP contribution in [0, 0.1) is 0 Å². The highest BCUT2D eigenvalue weighted by Crippen LogP contribution is 2.22. The predicted octanol–water partition coefficient (Wildman–Crippen LogP) is 2.77. The zero-order valence-electron chi connectivity index (χ0n) is 12.0. The van der Waals surface area contributed by atoms with E-state index in [-0.39, 0.29) is 18.3 Å². The number of nitrogens with one attached hydrogen (secondary N) is 1. The molecule has 5 heteroatoms. The van der Waals surface area contributed by atoms with Crippen LogP contribution in [0.1, 0.15) is 32.6 Å². The molecule has 1 aromatic carbocycles. The Bertz CT molecular complexity index is 429. The number of carbonyl (C=O) groups excluding carboxylic acids is 1. The van der Waals surface area contributed by atoms with Crippen LogP contribution in [0.15, 0.2) is 24.3 Å². The summed E-state index contributed by atoms with van der Waals surface area (Å²) in [6.45, 7) is 3.89. The van der Waals surface area contributed by atoms with Gasteiger partial charge in [0, 0.05) is 24.5 Å². The van der Waals surface area contributed by atoms with Gasteiger partial charge in [-0.2, -0.15) is 0 Å². The Morgan fingerprint density at radius 2 is 1.90 bits per heavy atom. The molecule has 0 saturated carbocycles. The first kappa shape index (κ1) is 16.8. The van der Waals surface area contributed by atoms with Gasteiger partial charge in [-0.1, -0.05) is 18.9 Å². The summed E-state index contributed by atoms with van der Waals surface area (Å²) in [6.07, 6.45) is 5.13. The number of nitrogens with zero attached hydrogens (tertiary/aromatic N) is 1. The van der Waals surface area contributed by atoms with Gasteiger partial charge < -0.3 is 16.0 Å². The van der Waals surface area contributed by atoms with Crippen LogP contribution in [0.5, 0.6) is 0 Å². The third-order valence-corrected chi connectivity index (χ3v) is 3.50. The van der Waals surface area contributed by atoms with Crippen molar-refractivity contribution < 1.29 is 4.79 Å².